The van der Waals surface area contributed by atoms with Crippen molar-refractivity contribution in [2.75, 3.05) is 56.2 Å². The van der Waals surface area contributed by atoms with Crippen molar-refractivity contribution < 1.29 is 9.53 Å². The van der Waals surface area contributed by atoms with E-state index in [1.165, 1.54) is 28.1 Å². The predicted molar refractivity (Wildman–Crippen MR) is 167 cm³/mol. The monoisotopic (exact) mass is 564 g/mol. The Morgan fingerprint density at radius 1 is 1.19 bits per heavy atom. The summed E-state index contributed by atoms with van der Waals surface area (Å²) in [6, 6.07) is 15.8. The fourth-order valence-corrected chi connectivity index (χ4v) is 7.02. The summed E-state index contributed by atoms with van der Waals surface area (Å²) in [5.74, 6) is 0.379. The number of fused-ring (bicyclic) bond motifs is 2. The fraction of sp³-hybridized carbons (Fsp3) is 0.441. The zero-order chi connectivity index (χ0) is 29.4. The summed E-state index contributed by atoms with van der Waals surface area (Å²) in [7, 11) is 2.13. The second-order valence-corrected chi connectivity index (χ2v) is 11.9. The first-order valence-corrected chi connectivity index (χ1v) is 15.1. The van der Waals surface area contributed by atoms with Crippen LogP contribution in [0.15, 0.2) is 49.1 Å². The Kier molecular flexibility index (Phi) is 7.78. The number of nitriles is 1. The SMILES string of the molecule is C=CC(=O)N1CCN(c2c(C#N)c(OCC3CCCN3C)nc3c2CCN(c2cccc4cccc(C)c24)C3)C(C)C1. The average Bonchev–Trinajstić information content (AvgIpc) is 3.42. The lowest BCUT2D eigenvalue weighted by atomic mass is 9.95. The summed E-state index contributed by atoms with van der Waals surface area (Å²) in [6.07, 6.45) is 4.40. The first-order chi connectivity index (χ1) is 20.4. The highest BCUT2D eigenvalue weighted by Crippen LogP contribution is 2.40. The maximum Gasteiger partial charge on any atom is 0.246 e. The molecule has 0 bridgehead atoms. The number of likely N-dealkylation sites (N-methyl/N-ethyl adjacent to an activating group) is 1. The Hall–Kier alpha value is -4.09. The number of benzene rings is 2. The van der Waals surface area contributed by atoms with Gasteiger partial charge in [0.05, 0.1) is 17.9 Å². The van der Waals surface area contributed by atoms with E-state index >= 15 is 0 Å². The van der Waals surface area contributed by atoms with E-state index in [1.807, 2.05) is 4.90 Å². The van der Waals surface area contributed by atoms with E-state index < -0.39 is 0 Å². The molecule has 2 aromatic carbocycles. The summed E-state index contributed by atoms with van der Waals surface area (Å²) < 4.78 is 6.42. The first-order valence-electron chi connectivity index (χ1n) is 15.1. The van der Waals surface area contributed by atoms with Crippen molar-refractivity contribution in [3.05, 3.63) is 71.4 Å². The lowest BCUT2D eigenvalue weighted by molar-refractivity contribution is -0.126. The van der Waals surface area contributed by atoms with Crippen molar-refractivity contribution >= 4 is 28.1 Å². The zero-order valence-electron chi connectivity index (χ0n) is 25.0. The normalized spacial score (nSPS) is 20.9. The molecule has 218 valence electrons. The van der Waals surface area contributed by atoms with Crippen LogP contribution in [0.3, 0.4) is 0 Å². The third-order valence-corrected chi connectivity index (χ3v) is 9.32. The number of amides is 1. The van der Waals surface area contributed by atoms with Gasteiger partial charge in [-0.05, 0) is 69.8 Å². The van der Waals surface area contributed by atoms with Crippen LogP contribution in [-0.2, 0) is 17.8 Å². The van der Waals surface area contributed by atoms with Crippen molar-refractivity contribution in [2.45, 2.75) is 51.7 Å². The molecule has 1 aromatic heterocycles. The van der Waals surface area contributed by atoms with Crippen molar-refractivity contribution in [1.82, 2.24) is 14.8 Å². The van der Waals surface area contributed by atoms with E-state index in [-0.39, 0.29) is 11.9 Å². The van der Waals surface area contributed by atoms with Crippen molar-refractivity contribution in [3.63, 3.8) is 0 Å². The number of rotatable bonds is 6. The number of ether oxygens (including phenoxy) is 1. The van der Waals surface area contributed by atoms with Gasteiger partial charge >= 0.3 is 0 Å². The molecule has 1 amide bonds. The van der Waals surface area contributed by atoms with E-state index in [0.717, 1.165) is 49.3 Å². The topological polar surface area (TPSA) is 75.9 Å². The largest absolute Gasteiger partial charge is 0.475 e. The molecule has 3 aromatic rings. The number of anilines is 2. The van der Waals surface area contributed by atoms with Gasteiger partial charge in [-0.1, -0.05) is 36.9 Å². The molecule has 2 saturated heterocycles. The number of hydrogen-bond acceptors (Lipinski definition) is 7. The minimum absolute atomic E-state index is 0.0359. The second kappa shape index (κ2) is 11.7. The average molecular weight is 565 g/mol. The minimum atomic E-state index is -0.0514. The predicted octanol–water partition coefficient (Wildman–Crippen LogP) is 4.67. The summed E-state index contributed by atoms with van der Waals surface area (Å²) >= 11 is 0. The highest BCUT2D eigenvalue weighted by atomic mass is 16.5. The van der Waals surface area contributed by atoms with Crippen LogP contribution in [0.25, 0.3) is 10.8 Å². The molecule has 0 saturated carbocycles. The number of aryl methyl sites for hydroxylation is 1. The number of nitrogens with zero attached hydrogens (tertiary/aromatic N) is 6. The van der Waals surface area contributed by atoms with Crippen LogP contribution in [0.5, 0.6) is 5.88 Å². The van der Waals surface area contributed by atoms with Gasteiger partial charge in [0, 0.05) is 54.9 Å². The Labute approximate surface area is 248 Å². The number of likely N-dealkylation sites (tertiary alicyclic amines) is 1. The van der Waals surface area contributed by atoms with Crippen LogP contribution in [0, 0.1) is 18.3 Å². The molecule has 2 atom stereocenters. The van der Waals surface area contributed by atoms with Crippen LogP contribution >= 0.6 is 0 Å². The molecule has 4 heterocycles. The van der Waals surface area contributed by atoms with Crippen LogP contribution in [0.2, 0.25) is 0 Å². The number of carbonyl (C=O) groups is 1. The maximum atomic E-state index is 12.4. The van der Waals surface area contributed by atoms with E-state index in [1.54, 1.807) is 0 Å². The molecule has 0 spiro atoms. The lowest BCUT2D eigenvalue weighted by Gasteiger charge is -2.43. The van der Waals surface area contributed by atoms with E-state index in [9.17, 15) is 10.1 Å². The third kappa shape index (κ3) is 5.07. The molecule has 8 heteroatoms. The lowest BCUT2D eigenvalue weighted by Crippen LogP contribution is -2.54. The molecule has 8 nitrogen and oxygen atoms in total. The molecular formula is C34H40N6O2. The number of carbonyl (C=O) groups excluding carboxylic acids is 1. The van der Waals surface area contributed by atoms with Gasteiger partial charge in [0.25, 0.3) is 0 Å². The summed E-state index contributed by atoms with van der Waals surface area (Å²) in [6.45, 7) is 12.8. The standard InChI is InChI=1S/C34H40N6O2/c1-5-31(41)39-17-18-40(24(3)20-39)33-27-14-16-38(30-13-7-11-25-10-6-9-23(2)32(25)30)21-29(27)36-34(28(33)19-35)42-22-26-12-8-15-37(26)4/h5-7,9-11,13,24,26H,1,8,12,14-18,20-22H2,2-4H3. The van der Waals surface area contributed by atoms with Gasteiger partial charge in [-0.25, -0.2) is 4.98 Å². The number of piperazine rings is 1. The third-order valence-electron chi connectivity index (χ3n) is 9.32. The van der Waals surface area contributed by atoms with Gasteiger partial charge in [-0.3, -0.25) is 4.79 Å². The molecule has 3 aliphatic heterocycles. The van der Waals surface area contributed by atoms with E-state index in [2.05, 4.69) is 84.6 Å². The molecule has 0 radical (unpaired) electrons. The molecule has 0 N–H and O–H groups in total. The van der Waals surface area contributed by atoms with Gasteiger partial charge in [-0.15, -0.1) is 0 Å². The summed E-state index contributed by atoms with van der Waals surface area (Å²) in [5.41, 5.74) is 6.01. The molecule has 0 aliphatic carbocycles. The van der Waals surface area contributed by atoms with Gasteiger partial charge < -0.3 is 24.3 Å². The van der Waals surface area contributed by atoms with Gasteiger partial charge in [0.15, 0.2) is 0 Å². The molecule has 2 unspecified atom stereocenters. The fourth-order valence-electron chi connectivity index (χ4n) is 7.02. The Balaban J connectivity index is 1.40. The van der Waals surface area contributed by atoms with Gasteiger partial charge in [0.2, 0.25) is 11.8 Å². The zero-order valence-corrected chi connectivity index (χ0v) is 25.0. The summed E-state index contributed by atoms with van der Waals surface area (Å²) in [5, 5.41) is 13.0. The molecule has 2 fully saturated rings. The number of pyridine rings is 1. The Morgan fingerprint density at radius 2 is 2.00 bits per heavy atom. The highest BCUT2D eigenvalue weighted by molar-refractivity contribution is 5.97. The highest BCUT2D eigenvalue weighted by Gasteiger charge is 2.34. The van der Waals surface area contributed by atoms with Crippen molar-refractivity contribution in [2.24, 2.45) is 0 Å². The van der Waals surface area contributed by atoms with Gasteiger partial charge in [-0.2, -0.15) is 5.26 Å². The summed E-state index contributed by atoms with van der Waals surface area (Å²) in [4.78, 5) is 26.4. The quantitative estimate of drug-likeness (QED) is 0.403. The van der Waals surface area contributed by atoms with Crippen LogP contribution < -0.4 is 14.5 Å². The molecule has 6 rings (SSSR count). The van der Waals surface area contributed by atoms with Crippen LogP contribution in [0.1, 0.15) is 42.1 Å². The Bertz CT molecular complexity index is 1560. The van der Waals surface area contributed by atoms with Gasteiger partial charge in [0.1, 0.15) is 18.2 Å². The van der Waals surface area contributed by atoms with E-state index in [4.69, 9.17) is 9.72 Å². The molecule has 42 heavy (non-hydrogen) atoms. The number of aromatic nitrogens is 1. The van der Waals surface area contributed by atoms with Crippen LogP contribution in [0.4, 0.5) is 11.4 Å². The van der Waals surface area contributed by atoms with Crippen LogP contribution in [-0.4, -0.2) is 79.2 Å². The van der Waals surface area contributed by atoms with E-state index in [0.29, 0.717) is 50.3 Å². The van der Waals surface area contributed by atoms with Crippen molar-refractivity contribution in [1.29, 1.82) is 5.26 Å². The number of hydrogen-bond donors (Lipinski definition) is 0. The smallest absolute Gasteiger partial charge is 0.246 e. The molecule has 3 aliphatic rings. The molecular weight excluding hydrogens is 524 g/mol. The Morgan fingerprint density at radius 3 is 2.71 bits per heavy atom. The first kappa shape index (κ1) is 28.0. The minimum Gasteiger partial charge on any atom is -0.475 e. The van der Waals surface area contributed by atoms with Crippen molar-refractivity contribution in [3.8, 4) is 11.9 Å². The maximum absolute atomic E-state index is 12.4. The second-order valence-electron chi connectivity index (χ2n) is 11.9.